The zero-order valence-corrected chi connectivity index (χ0v) is 18.8. The Morgan fingerprint density at radius 1 is 1.03 bits per heavy atom. The van der Waals surface area contributed by atoms with E-state index >= 15 is 0 Å². The Morgan fingerprint density at radius 3 is 2.35 bits per heavy atom. The Balaban J connectivity index is 1.35. The van der Waals surface area contributed by atoms with Gasteiger partial charge in [0, 0.05) is 18.7 Å². The molecule has 0 saturated carbocycles. The number of anilines is 1. The van der Waals surface area contributed by atoms with E-state index in [4.69, 9.17) is 0 Å². The monoisotopic (exact) mass is 451 g/mol. The summed E-state index contributed by atoms with van der Waals surface area (Å²) >= 11 is 3.11. The normalized spacial score (nSPS) is 11.0. The third kappa shape index (κ3) is 5.00. The summed E-state index contributed by atoms with van der Waals surface area (Å²) in [6.45, 7) is 2.77. The molecule has 0 fully saturated rings. The molecule has 2 heterocycles. The van der Waals surface area contributed by atoms with E-state index < -0.39 is 0 Å². The number of aromatic nitrogens is 3. The maximum Gasteiger partial charge on any atom is 0.269 e. The molecule has 2 aromatic carbocycles. The van der Waals surface area contributed by atoms with Crippen LogP contribution in [0.5, 0.6) is 0 Å². The first kappa shape index (κ1) is 21.2. The molecule has 0 unspecified atom stereocenters. The molecule has 0 bridgehead atoms. The lowest BCUT2D eigenvalue weighted by Crippen LogP contribution is -2.06. The molecular formula is C22H21N5O2S2. The topological polar surface area (TPSA) is 93.8 Å². The van der Waals surface area contributed by atoms with Gasteiger partial charge in [0.15, 0.2) is 11.0 Å². The second-order valence-corrected chi connectivity index (χ2v) is 8.93. The average Bonchev–Trinajstić information content (AvgIpc) is 3.17. The molecule has 4 aromatic rings. The summed E-state index contributed by atoms with van der Waals surface area (Å²) in [5.41, 5.74) is 4.20. The molecule has 7 nitrogen and oxygen atoms in total. The van der Waals surface area contributed by atoms with Crippen molar-refractivity contribution in [2.75, 3.05) is 18.1 Å². The summed E-state index contributed by atoms with van der Waals surface area (Å²) in [6, 6.07) is 15.0. The van der Waals surface area contributed by atoms with E-state index in [1.165, 1.54) is 29.5 Å². The largest absolute Gasteiger partial charge is 0.368 e. The van der Waals surface area contributed by atoms with Gasteiger partial charge in [-0.25, -0.2) is 15.0 Å². The summed E-state index contributed by atoms with van der Waals surface area (Å²) in [6.07, 6.45) is 3.87. The van der Waals surface area contributed by atoms with Crippen LogP contribution in [0.25, 0.3) is 21.5 Å². The number of hydrogen-bond acceptors (Lipinski definition) is 8. The summed E-state index contributed by atoms with van der Waals surface area (Å²) in [7, 11) is 0. The van der Waals surface area contributed by atoms with Crippen molar-refractivity contribution in [2.24, 2.45) is 0 Å². The van der Waals surface area contributed by atoms with Crippen LogP contribution in [0.1, 0.15) is 17.0 Å². The number of aryl methyl sites for hydroxylation is 2. The summed E-state index contributed by atoms with van der Waals surface area (Å²) in [4.78, 5) is 25.0. The number of thioether (sulfide) groups is 1. The molecule has 0 spiro atoms. The molecule has 0 aliphatic carbocycles. The molecular weight excluding hydrogens is 430 g/mol. The third-order valence-corrected chi connectivity index (χ3v) is 6.24. The maximum atomic E-state index is 10.8. The average molecular weight is 452 g/mol. The molecule has 1 N–H and O–H groups in total. The van der Waals surface area contributed by atoms with E-state index in [2.05, 4.69) is 44.5 Å². The Bertz CT molecular complexity index is 1210. The minimum atomic E-state index is -0.384. The van der Waals surface area contributed by atoms with Gasteiger partial charge in [0.25, 0.3) is 5.69 Å². The molecule has 0 radical (unpaired) electrons. The van der Waals surface area contributed by atoms with E-state index in [9.17, 15) is 10.1 Å². The maximum absolute atomic E-state index is 10.8. The second-order valence-electron chi connectivity index (χ2n) is 6.98. The predicted molar refractivity (Wildman–Crippen MR) is 127 cm³/mol. The minimum absolute atomic E-state index is 0.103. The highest BCUT2D eigenvalue weighted by atomic mass is 32.2. The highest BCUT2D eigenvalue weighted by Crippen LogP contribution is 2.27. The lowest BCUT2D eigenvalue weighted by atomic mass is 10.0. The molecule has 4 rings (SSSR count). The SMILES string of the molecule is CSc1nc(NCCCc2ccc(-c3ccc([N+](=O)[O-])cc3)cc2)c2nc(C)sc2n1. The molecule has 0 aliphatic heterocycles. The lowest BCUT2D eigenvalue weighted by molar-refractivity contribution is -0.384. The van der Waals surface area contributed by atoms with Gasteiger partial charge in [-0.15, -0.1) is 0 Å². The van der Waals surface area contributed by atoms with Crippen molar-refractivity contribution in [1.82, 2.24) is 15.0 Å². The number of hydrogen-bond donors (Lipinski definition) is 1. The minimum Gasteiger partial charge on any atom is -0.368 e. The fourth-order valence-electron chi connectivity index (χ4n) is 3.26. The van der Waals surface area contributed by atoms with Gasteiger partial charge in [0.1, 0.15) is 10.3 Å². The smallest absolute Gasteiger partial charge is 0.269 e. The van der Waals surface area contributed by atoms with Crippen molar-refractivity contribution in [2.45, 2.75) is 24.9 Å². The van der Waals surface area contributed by atoms with Crippen molar-refractivity contribution in [3.63, 3.8) is 0 Å². The second kappa shape index (κ2) is 9.40. The fourth-order valence-corrected chi connectivity index (χ4v) is 4.47. The van der Waals surface area contributed by atoms with Gasteiger partial charge in [-0.2, -0.15) is 0 Å². The molecule has 0 saturated heterocycles. The van der Waals surface area contributed by atoms with Crippen LogP contribution in [-0.2, 0) is 6.42 Å². The Kier molecular flexibility index (Phi) is 6.43. The number of nitrogens with zero attached hydrogens (tertiary/aromatic N) is 4. The molecule has 9 heteroatoms. The van der Waals surface area contributed by atoms with Crippen molar-refractivity contribution in [1.29, 1.82) is 0 Å². The number of nitro groups is 1. The summed E-state index contributed by atoms with van der Waals surface area (Å²) < 4.78 is 0. The van der Waals surface area contributed by atoms with E-state index in [1.807, 2.05) is 13.2 Å². The standard InChI is InChI=1S/C22H21N5O2S2/c1-14-24-19-20(25-22(30-2)26-21(19)31-14)23-13-3-4-15-5-7-16(8-6-15)17-9-11-18(12-10-17)27(28)29/h5-12H,3-4,13H2,1-2H3,(H,23,25,26). The van der Waals surface area contributed by atoms with E-state index in [1.54, 1.807) is 23.5 Å². The third-order valence-electron chi connectivity index (χ3n) is 4.83. The number of nitro benzene ring substituents is 1. The predicted octanol–water partition coefficient (Wildman–Crippen LogP) is 5.74. The van der Waals surface area contributed by atoms with Gasteiger partial charge in [0.2, 0.25) is 0 Å². The first-order valence-electron chi connectivity index (χ1n) is 9.80. The molecule has 158 valence electrons. The zero-order chi connectivity index (χ0) is 21.8. The number of benzene rings is 2. The summed E-state index contributed by atoms with van der Waals surface area (Å²) in [5.74, 6) is 0.798. The molecule has 0 atom stereocenters. The Morgan fingerprint density at radius 2 is 1.71 bits per heavy atom. The van der Waals surface area contributed by atoms with Crippen molar-refractivity contribution >= 4 is 45.0 Å². The van der Waals surface area contributed by atoms with Crippen LogP contribution in [0.2, 0.25) is 0 Å². The van der Waals surface area contributed by atoms with Gasteiger partial charge >= 0.3 is 0 Å². The lowest BCUT2D eigenvalue weighted by Gasteiger charge is -2.08. The first-order chi connectivity index (χ1) is 15.0. The van der Waals surface area contributed by atoms with E-state index in [-0.39, 0.29) is 10.6 Å². The van der Waals surface area contributed by atoms with Crippen LogP contribution in [-0.4, -0.2) is 32.7 Å². The van der Waals surface area contributed by atoms with Gasteiger partial charge in [-0.05, 0) is 54.8 Å². The van der Waals surface area contributed by atoms with Crippen LogP contribution >= 0.6 is 23.1 Å². The summed E-state index contributed by atoms with van der Waals surface area (Å²) in [5, 5.41) is 16.0. The van der Waals surface area contributed by atoms with Crippen LogP contribution in [0, 0.1) is 17.0 Å². The number of non-ortho nitro benzene ring substituents is 1. The Labute approximate surface area is 188 Å². The molecule has 0 amide bonds. The van der Waals surface area contributed by atoms with Crippen molar-refractivity contribution in [3.8, 4) is 11.1 Å². The number of fused-ring (bicyclic) bond motifs is 1. The number of rotatable bonds is 8. The highest BCUT2D eigenvalue weighted by molar-refractivity contribution is 7.98. The van der Waals surface area contributed by atoms with Gasteiger partial charge in [-0.3, -0.25) is 10.1 Å². The van der Waals surface area contributed by atoms with Crippen molar-refractivity contribution in [3.05, 3.63) is 69.2 Å². The fraction of sp³-hybridized carbons (Fsp3) is 0.227. The molecule has 2 aromatic heterocycles. The quantitative estimate of drug-likeness (QED) is 0.120. The van der Waals surface area contributed by atoms with Gasteiger partial charge < -0.3 is 5.32 Å². The number of nitrogens with one attached hydrogen (secondary N) is 1. The molecule has 31 heavy (non-hydrogen) atoms. The van der Waals surface area contributed by atoms with E-state index in [0.29, 0.717) is 0 Å². The van der Waals surface area contributed by atoms with Gasteiger partial charge in [-0.1, -0.05) is 47.4 Å². The van der Waals surface area contributed by atoms with E-state index in [0.717, 1.165) is 56.8 Å². The first-order valence-corrected chi connectivity index (χ1v) is 11.8. The zero-order valence-electron chi connectivity index (χ0n) is 17.2. The van der Waals surface area contributed by atoms with Crippen molar-refractivity contribution < 1.29 is 4.92 Å². The number of thiazole rings is 1. The van der Waals surface area contributed by atoms with Crippen LogP contribution < -0.4 is 5.32 Å². The van der Waals surface area contributed by atoms with Crippen LogP contribution in [0.4, 0.5) is 11.5 Å². The molecule has 0 aliphatic rings. The van der Waals surface area contributed by atoms with Crippen LogP contribution in [0.3, 0.4) is 0 Å². The highest BCUT2D eigenvalue weighted by Gasteiger charge is 2.11. The van der Waals surface area contributed by atoms with Gasteiger partial charge in [0.05, 0.1) is 9.93 Å². The Hall–Kier alpha value is -3.04. The van der Waals surface area contributed by atoms with Crippen LogP contribution in [0.15, 0.2) is 53.7 Å².